The predicted octanol–water partition coefficient (Wildman–Crippen LogP) is 0.602. The number of hydrogen-bond acceptors (Lipinski definition) is 19. The van der Waals surface area contributed by atoms with E-state index in [0.717, 1.165) is 72.7 Å². The highest BCUT2D eigenvalue weighted by atomic mass is 19.1. The summed E-state index contributed by atoms with van der Waals surface area (Å²) in [5, 5.41) is 0. The molecular weight excluding hydrogens is 719 g/mol. The van der Waals surface area contributed by atoms with Crippen LogP contribution in [0.3, 0.4) is 0 Å². The lowest BCUT2D eigenvalue weighted by Gasteiger charge is -2.48. The smallest absolute Gasteiger partial charge is 0.340 e. The minimum absolute atomic E-state index is 0.159. The molecule has 2 saturated heterocycles. The van der Waals surface area contributed by atoms with Gasteiger partial charge in [0.15, 0.2) is 30.7 Å². The van der Waals surface area contributed by atoms with Crippen molar-refractivity contribution in [3.8, 4) is 0 Å². The zero-order chi connectivity index (χ0) is 39.6. The zero-order valence-corrected chi connectivity index (χ0v) is 29.6. The Morgan fingerprint density at radius 1 is 0.491 bits per heavy atom. The summed E-state index contributed by atoms with van der Waals surface area (Å²) >= 11 is 0. The largest absolute Gasteiger partial charge is 0.463 e. The van der Waals surface area contributed by atoms with Crippen molar-refractivity contribution in [1.82, 2.24) is 0 Å². The molecule has 0 aromatic heterocycles. The van der Waals surface area contributed by atoms with Crippen molar-refractivity contribution < 1.29 is 94.9 Å². The van der Waals surface area contributed by atoms with Crippen molar-refractivity contribution in [2.45, 2.75) is 110 Å². The number of carbonyl (C=O) groups is 8. The summed E-state index contributed by atoms with van der Waals surface area (Å²) in [4.78, 5) is 98.5. The van der Waals surface area contributed by atoms with Crippen molar-refractivity contribution in [1.29, 1.82) is 0 Å². The summed E-state index contributed by atoms with van der Waals surface area (Å²) in [6, 6.07) is 4.14. The normalized spacial score (nSPS) is 27.9. The van der Waals surface area contributed by atoms with E-state index >= 15 is 0 Å². The predicted molar refractivity (Wildman–Crippen MR) is 165 cm³/mol. The maximum atomic E-state index is 13.5. The van der Waals surface area contributed by atoms with Gasteiger partial charge >= 0.3 is 47.8 Å². The Balaban J connectivity index is 2.16. The van der Waals surface area contributed by atoms with Gasteiger partial charge in [-0.1, -0.05) is 0 Å². The van der Waals surface area contributed by atoms with Gasteiger partial charge in [-0.15, -0.1) is 0 Å². The van der Waals surface area contributed by atoms with E-state index in [-0.39, 0.29) is 5.56 Å². The van der Waals surface area contributed by atoms with Gasteiger partial charge in [0.1, 0.15) is 37.3 Å². The lowest BCUT2D eigenvalue weighted by molar-refractivity contribution is -0.356. The Bertz CT molecular complexity index is 1530. The Kier molecular flexibility index (Phi) is 15.2. The van der Waals surface area contributed by atoms with Gasteiger partial charge in [-0.25, -0.2) is 9.18 Å². The van der Waals surface area contributed by atoms with Crippen molar-refractivity contribution >= 4 is 47.8 Å². The molecule has 19 nitrogen and oxygen atoms in total. The Hall–Kier alpha value is -5.21. The molecule has 10 atom stereocenters. The maximum Gasteiger partial charge on any atom is 0.340 e. The lowest BCUT2D eigenvalue weighted by Crippen LogP contribution is -2.67. The number of esters is 8. The van der Waals surface area contributed by atoms with Crippen molar-refractivity contribution in [3.63, 3.8) is 0 Å². The number of halogens is 1. The molecule has 3 rings (SSSR count). The van der Waals surface area contributed by atoms with Gasteiger partial charge in [0.05, 0.1) is 5.56 Å². The molecule has 0 radical (unpaired) electrons. The van der Waals surface area contributed by atoms with E-state index in [9.17, 15) is 42.7 Å². The maximum absolute atomic E-state index is 13.5. The van der Waals surface area contributed by atoms with Crippen molar-refractivity contribution in [2.24, 2.45) is 0 Å². The van der Waals surface area contributed by atoms with Crippen LogP contribution in [0.15, 0.2) is 24.3 Å². The number of carbonyl (C=O) groups excluding carboxylic acids is 8. The summed E-state index contributed by atoms with van der Waals surface area (Å²) in [6.45, 7) is 5.76. The van der Waals surface area contributed by atoms with Crippen LogP contribution < -0.4 is 0 Å². The van der Waals surface area contributed by atoms with Crippen molar-refractivity contribution in [3.05, 3.63) is 35.6 Å². The van der Waals surface area contributed by atoms with Gasteiger partial charge in [0, 0.05) is 48.5 Å². The highest BCUT2D eigenvalue weighted by Crippen LogP contribution is 2.36. The average Bonchev–Trinajstić information content (AvgIpc) is 3.03. The molecule has 0 amide bonds. The first-order valence-electron chi connectivity index (χ1n) is 15.9. The van der Waals surface area contributed by atoms with Crippen LogP contribution in [-0.2, 0) is 85.7 Å². The molecule has 0 unspecified atom stereocenters. The fraction of sp³-hybridized carbons (Fsp3) is 0.576. The van der Waals surface area contributed by atoms with Gasteiger partial charge < -0.3 is 52.1 Å². The molecular formula is C33H39FO19. The molecule has 0 bridgehead atoms. The van der Waals surface area contributed by atoms with E-state index < -0.39 is 128 Å². The van der Waals surface area contributed by atoms with Crippen LogP contribution in [0.2, 0.25) is 0 Å². The number of hydrogen-bond donors (Lipinski definition) is 0. The monoisotopic (exact) mass is 758 g/mol. The second-order valence-electron chi connectivity index (χ2n) is 11.6. The van der Waals surface area contributed by atoms with E-state index in [1.54, 1.807) is 0 Å². The van der Waals surface area contributed by atoms with E-state index in [1.165, 1.54) is 0 Å². The summed E-state index contributed by atoms with van der Waals surface area (Å²) in [6.07, 6.45) is -17.2. The molecule has 292 valence electrons. The molecule has 1 aromatic carbocycles. The molecule has 53 heavy (non-hydrogen) atoms. The standard InChI is InChI=1S/C33H39FO19/c1-14(35)43-12-23-25(45-16(3)37)27(46-17(4)38)29(48-19(6)40)32(50-23)52-26-24(13-44-15(2)36)51-33(30(49-20(7)41)28(26)47-18(5)39)53-31(42)21-8-10-22(34)11-9-21/h8-11,23-30,32-33H,12-13H2,1-7H3/t23-,24-,25+,26-,27+,28+,29-,30-,32+,33+/m1/s1. The Morgan fingerprint density at radius 3 is 1.32 bits per heavy atom. The van der Waals surface area contributed by atoms with E-state index in [0.29, 0.717) is 0 Å². The van der Waals surface area contributed by atoms with Crippen LogP contribution >= 0.6 is 0 Å². The number of ether oxygens (including phenoxy) is 11. The minimum Gasteiger partial charge on any atom is -0.463 e. The quantitative estimate of drug-likeness (QED) is 0.198. The van der Waals surface area contributed by atoms with E-state index in [1.807, 2.05) is 0 Å². The van der Waals surface area contributed by atoms with Crippen molar-refractivity contribution in [2.75, 3.05) is 13.2 Å². The summed E-state index contributed by atoms with van der Waals surface area (Å²) < 4.78 is 74.6. The van der Waals surface area contributed by atoms with Crippen LogP contribution in [0.4, 0.5) is 4.39 Å². The average molecular weight is 759 g/mol. The summed E-state index contributed by atoms with van der Waals surface area (Å²) in [7, 11) is 0. The number of benzene rings is 1. The molecule has 2 heterocycles. The zero-order valence-electron chi connectivity index (χ0n) is 29.6. The first-order valence-corrected chi connectivity index (χ1v) is 15.9. The molecule has 20 heteroatoms. The highest BCUT2D eigenvalue weighted by molar-refractivity contribution is 5.89. The third-order valence-electron chi connectivity index (χ3n) is 7.19. The molecule has 2 fully saturated rings. The fourth-order valence-corrected chi connectivity index (χ4v) is 5.33. The third kappa shape index (κ3) is 12.5. The number of rotatable bonds is 13. The highest BCUT2D eigenvalue weighted by Gasteiger charge is 2.58. The van der Waals surface area contributed by atoms with Gasteiger partial charge in [-0.2, -0.15) is 0 Å². The third-order valence-corrected chi connectivity index (χ3v) is 7.19. The van der Waals surface area contributed by atoms with Gasteiger partial charge in [0.25, 0.3) is 0 Å². The van der Waals surface area contributed by atoms with E-state index in [2.05, 4.69) is 0 Å². The Labute approximate surface area is 301 Å². The minimum atomic E-state index is -1.89. The second-order valence-corrected chi connectivity index (χ2v) is 11.6. The summed E-state index contributed by atoms with van der Waals surface area (Å²) in [5.41, 5.74) is -0.159. The van der Waals surface area contributed by atoms with E-state index in [4.69, 9.17) is 52.1 Å². The van der Waals surface area contributed by atoms with Crippen LogP contribution in [0.25, 0.3) is 0 Å². The van der Waals surface area contributed by atoms with Gasteiger partial charge in [-0.3, -0.25) is 33.6 Å². The van der Waals surface area contributed by atoms with Crippen LogP contribution in [0, 0.1) is 5.82 Å². The molecule has 0 saturated carbocycles. The van der Waals surface area contributed by atoms with Gasteiger partial charge in [-0.05, 0) is 24.3 Å². The molecule has 1 aromatic rings. The van der Waals surface area contributed by atoms with Crippen LogP contribution in [0.1, 0.15) is 58.8 Å². The molecule has 2 aliphatic rings. The van der Waals surface area contributed by atoms with Crippen LogP contribution in [-0.4, -0.2) is 122 Å². The molecule has 0 N–H and O–H groups in total. The first kappa shape index (κ1) is 42.2. The first-order chi connectivity index (χ1) is 24.9. The Morgan fingerprint density at radius 2 is 0.868 bits per heavy atom. The van der Waals surface area contributed by atoms with Gasteiger partial charge in [0.2, 0.25) is 12.4 Å². The second kappa shape index (κ2) is 19.0. The topological polar surface area (TPSA) is 238 Å². The molecule has 2 aliphatic heterocycles. The lowest BCUT2D eigenvalue weighted by atomic mass is 9.96. The SMILES string of the molecule is CC(=O)OC[C@H]1O[C@@H](O[C@H]2[C@H](OC(C)=O)[C@@H](OC(C)=O)[C@H](OC(=O)c3ccc(F)cc3)O[C@@H]2COC(C)=O)[C@H](OC(C)=O)[C@@H](OC(C)=O)[C@H]1OC(C)=O. The molecule has 0 spiro atoms. The summed E-state index contributed by atoms with van der Waals surface area (Å²) in [5.74, 6) is -8.15. The molecule has 0 aliphatic carbocycles. The van der Waals surface area contributed by atoms with Crippen LogP contribution in [0.5, 0.6) is 0 Å². The fourth-order valence-electron chi connectivity index (χ4n) is 5.33.